The van der Waals surface area contributed by atoms with Crippen LogP contribution in [0, 0.1) is 0 Å². The lowest BCUT2D eigenvalue weighted by molar-refractivity contribution is 0.0698. The Morgan fingerprint density at radius 2 is 2.15 bits per heavy atom. The van der Waals surface area contributed by atoms with E-state index in [9.17, 15) is 9.90 Å². The molecular formula is C14H14N4O2. The molecule has 0 saturated carbocycles. The number of aromatic nitrogens is 4. The molecule has 3 rings (SSSR count). The summed E-state index contributed by atoms with van der Waals surface area (Å²) in [6.07, 6.45) is 8.01. The number of carboxylic acid groups (broad SMARTS) is 1. The van der Waals surface area contributed by atoms with E-state index < -0.39 is 5.97 Å². The minimum Gasteiger partial charge on any atom is -0.478 e. The van der Waals surface area contributed by atoms with Crippen LogP contribution in [0.3, 0.4) is 0 Å². The Balaban J connectivity index is 1.82. The van der Waals surface area contributed by atoms with Crippen LogP contribution in [0.4, 0.5) is 0 Å². The van der Waals surface area contributed by atoms with Crippen molar-refractivity contribution in [3.05, 3.63) is 48.8 Å². The number of benzene rings is 1. The van der Waals surface area contributed by atoms with Gasteiger partial charge < -0.3 is 14.2 Å². The lowest BCUT2D eigenvalue weighted by Crippen LogP contribution is -2.05. The minimum absolute atomic E-state index is 0.294. The molecule has 2 heterocycles. The number of carbonyl (C=O) groups is 1. The number of hydrogen-bond acceptors (Lipinski definition) is 3. The number of imidazole rings is 2. The largest absolute Gasteiger partial charge is 0.478 e. The second kappa shape index (κ2) is 5.16. The molecule has 0 aliphatic carbocycles. The highest BCUT2D eigenvalue weighted by Gasteiger charge is 2.12. The van der Waals surface area contributed by atoms with Crippen molar-refractivity contribution >= 4 is 17.0 Å². The van der Waals surface area contributed by atoms with Gasteiger partial charge in [0.25, 0.3) is 0 Å². The third kappa shape index (κ3) is 2.27. The molecule has 0 spiro atoms. The van der Waals surface area contributed by atoms with E-state index in [1.807, 2.05) is 21.4 Å². The molecule has 20 heavy (non-hydrogen) atoms. The molecule has 1 aromatic carbocycles. The number of aromatic carboxylic acids is 1. The fourth-order valence-electron chi connectivity index (χ4n) is 2.31. The van der Waals surface area contributed by atoms with E-state index >= 15 is 0 Å². The van der Waals surface area contributed by atoms with Crippen LogP contribution >= 0.6 is 0 Å². The van der Waals surface area contributed by atoms with E-state index in [-0.39, 0.29) is 0 Å². The van der Waals surface area contributed by atoms with E-state index in [0.29, 0.717) is 16.6 Å². The van der Waals surface area contributed by atoms with Crippen molar-refractivity contribution in [3.63, 3.8) is 0 Å². The van der Waals surface area contributed by atoms with Gasteiger partial charge in [-0.15, -0.1) is 0 Å². The van der Waals surface area contributed by atoms with Crippen molar-refractivity contribution in [2.45, 2.75) is 19.5 Å². The number of rotatable bonds is 5. The van der Waals surface area contributed by atoms with Crippen molar-refractivity contribution in [3.8, 4) is 0 Å². The zero-order chi connectivity index (χ0) is 13.9. The number of aryl methyl sites for hydroxylation is 2. The van der Waals surface area contributed by atoms with Crippen LogP contribution in [-0.2, 0) is 13.1 Å². The SMILES string of the molecule is O=C(O)c1cccc2ncn(CCCn3ccnc3)c12. The molecule has 6 nitrogen and oxygen atoms in total. The van der Waals surface area contributed by atoms with E-state index in [0.717, 1.165) is 19.5 Å². The quantitative estimate of drug-likeness (QED) is 0.769. The van der Waals surface area contributed by atoms with Crippen LogP contribution in [0.1, 0.15) is 16.8 Å². The molecule has 3 aromatic rings. The average Bonchev–Trinajstić information content (AvgIpc) is 3.08. The smallest absolute Gasteiger partial charge is 0.337 e. The zero-order valence-electron chi connectivity index (χ0n) is 10.8. The second-order valence-corrected chi connectivity index (χ2v) is 4.57. The Morgan fingerprint density at radius 3 is 2.90 bits per heavy atom. The molecule has 0 aliphatic heterocycles. The molecule has 0 amide bonds. The van der Waals surface area contributed by atoms with Crippen LogP contribution in [0.15, 0.2) is 43.2 Å². The zero-order valence-corrected chi connectivity index (χ0v) is 10.8. The maximum Gasteiger partial charge on any atom is 0.337 e. The monoisotopic (exact) mass is 270 g/mol. The van der Waals surface area contributed by atoms with Gasteiger partial charge in [-0.2, -0.15) is 0 Å². The summed E-state index contributed by atoms with van der Waals surface area (Å²) in [5.41, 5.74) is 1.70. The summed E-state index contributed by atoms with van der Waals surface area (Å²) < 4.78 is 3.90. The van der Waals surface area contributed by atoms with Gasteiger partial charge >= 0.3 is 5.97 Å². The molecule has 0 unspecified atom stereocenters. The van der Waals surface area contributed by atoms with E-state index in [1.54, 1.807) is 31.0 Å². The number of para-hydroxylation sites is 1. The summed E-state index contributed by atoms with van der Waals surface area (Å²) in [7, 11) is 0. The van der Waals surface area contributed by atoms with E-state index in [4.69, 9.17) is 0 Å². The Bertz CT molecular complexity index is 731. The van der Waals surface area contributed by atoms with Crippen molar-refractivity contribution in [2.75, 3.05) is 0 Å². The van der Waals surface area contributed by atoms with Gasteiger partial charge in [-0.1, -0.05) is 6.07 Å². The van der Waals surface area contributed by atoms with E-state index in [1.165, 1.54) is 0 Å². The van der Waals surface area contributed by atoms with Gasteiger partial charge in [-0.25, -0.2) is 14.8 Å². The molecular weight excluding hydrogens is 256 g/mol. The predicted octanol–water partition coefficient (Wildman–Crippen LogP) is 2.02. The van der Waals surface area contributed by atoms with Crippen molar-refractivity contribution in [1.82, 2.24) is 19.1 Å². The van der Waals surface area contributed by atoms with Crippen LogP contribution in [0.2, 0.25) is 0 Å². The van der Waals surface area contributed by atoms with Crippen LogP contribution in [0.5, 0.6) is 0 Å². The van der Waals surface area contributed by atoms with Gasteiger partial charge in [0.1, 0.15) is 0 Å². The molecule has 102 valence electrons. The standard InChI is InChI=1S/C14H14N4O2/c19-14(20)11-3-1-4-12-13(11)18(10-16-12)7-2-6-17-8-5-15-9-17/h1,3-5,8-10H,2,6-7H2,(H,19,20). The van der Waals surface area contributed by atoms with Crippen molar-refractivity contribution < 1.29 is 9.90 Å². The molecule has 0 radical (unpaired) electrons. The summed E-state index contributed by atoms with van der Waals surface area (Å²) in [6.45, 7) is 1.56. The van der Waals surface area contributed by atoms with Crippen molar-refractivity contribution in [2.24, 2.45) is 0 Å². The highest BCUT2D eigenvalue weighted by Crippen LogP contribution is 2.18. The first-order chi connectivity index (χ1) is 9.75. The van der Waals surface area contributed by atoms with Crippen LogP contribution < -0.4 is 0 Å². The fraction of sp³-hybridized carbons (Fsp3) is 0.214. The van der Waals surface area contributed by atoms with Crippen molar-refractivity contribution in [1.29, 1.82) is 0 Å². The number of fused-ring (bicyclic) bond motifs is 1. The van der Waals surface area contributed by atoms with Gasteiger partial charge in [0, 0.05) is 25.5 Å². The predicted molar refractivity (Wildman–Crippen MR) is 73.5 cm³/mol. The second-order valence-electron chi connectivity index (χ2n) is 4.57. The molecule has 0 fully saturated rings. The molecule has 6 heteroatoms. The third-order valence-electron chi connectivity index (χ3n) is 3.24. The normalized spacial score (nSPS) is 11.0. The summed E-state index contributed by atoms with van der Waals surface area (Å²) in [6, 6.07) is 5.15. The summed E-state index contributed by atoms with van der Waals surface area (Å²) in [5.74, 6) is -0.924. The first-order valence-electron chi connectivity index (χ1n) is 6.38. The van der Waals surface area contributed by atoms with E-state index in [2.05, 4.69) is 9.97 Å². The minimum atomic E-state index is -0.924. The Labute approximate surface area is 115 Å². The Morgan fingerprint density at radius 1 is 1.25 bits per heavy atom. The van der Waals surface area contributed by atoms with Gasteiger partial charge in [-0.05, 0) is 18.6 Å². The molecule has 0 saturated heterocycles. The molecule has 2 aromatic heterocycles. The highest BCUT2D eigenvalue weighted by molar-refractivity contribution is 6.01. The first-order valence-corrected chi connectivity index (χ1v) is 6.38. The lowest BCUT2D eigenvalue weighted by atomic mass is 10.2. The van der Waals surface area contributed by atoms with Gasteiger partial charge in [0.2, 0.25) is 0 Å². The number of nitrogens with zero attached hydrogens (tertiary/aromatic N) is 4. The average molecular weight is 270 g/mol. The summed E-state index contributed by atoms with van der Waals surface area (Å²) >= 11 is 0. The summed E-state index contributed by atoms with van der Waals surface area (Å²) in [5, 5.41) is 9.25. The molecule has 0 bridgehead atoms. The van der Waals surface area contributed by atoms with Gasteiger partial charge in [0.05, 0.1) is 29.3 Å². The first kappa shape index (κ1) is 12.4. The van der Waals surface area contributed by atoms with Crippen LogP contribution in [-0.4, -0.2) is 30.2 Å². The van der Waals surface area contributed by atoms with Gasteiger partial charge in [0.15, 0.2) is 0 Å². The topological polar surface area (TPSA) is 72.9 Å². The molecule has 0 atom stereocenters. The maximum absolute atomic E-state index is 11.3. The molecule has 1 N–H and O–H groups in total. The highest BCUT2D eigenvalue weighted by atomic mass is 16.4. The Hall–Kier alpha value is -2.63. The number of carboxylic acids is 1. The summed E-state index contributed by atoms with van der Waals surface area (Å²) in [4.78, 5) is 19.5. The number of hydrogen-bond donors (Lipinski definition) is 1. The fourth-order valence-corrected chi connectivity index (χ4v) is 2.31. The van der Waals surface area contributed by atoms with Crippen LogP contribution in [0.25, 0.3) is 11.0 Å². The lowest BCUT2D eigenvalue weighted by Gasteiger charge is -2.07. The maximum atomic E-state index is 11.3. The third-order valence-corrected chi connectivity index (χ3v) is 3.24. The van der Waals surface area contributed by atoms with Gasteiger partial charge in [-0.3, -0.25) is 0 Å². The molecule has 0 aliphatic rings. The Kier molecular flexibility index (Phi) is 3.20.